The fourth-order valence-electron chi connectivity index (χ4n) is 1.31. The minimum Gasteiger partial charge on any atom is -0.302 e. The molecule has 1 atom stereocenters. The number of rotatable bonds is 2. The molecule has 0 saturated carbocycles. The third-order valence-electron chi connectivity index (χ3n) is 2.07. The molecule has 2 rings (SSSR count). The van der Waals surface area contributed by atoms with Gasteiger partial charge in [-0.05, 0) is 12.1 Å². The van der Waals surface area contributed by atoms with E-state index in [1.54, 1.807) is 0 Å². The van der Waals surface area contributed by atoms with Gasteiger partial charge in [-0.25, -0.2) is 8.60 Å². The fourth-order valence-corrected chi connectivity index (χ4v) is 2.27. The molecule has 1 heterocycles. The first-order chi connectivity index (χ1) is 8.00. The largest absolute Gasteiger partial charge is 0.302 e. The Morgan fingerprint density at radius 1 is 1.35 bits per heavy atom. The van der Waals surface area contributed by atoms with E-state index in [0.29, 0.717) is 0 Å². The minimum absolute atomic E-state index is 0.0219. The van der Waals surface area contributed by atoms with Gasteiger partial charge in [0.1, 0.15) is 10.7 Å². The van der Waals surface area contributed by atoms with Gasteiger partial charge in [-0.3, -0.25) is 5.10 Å². The summed E-state index contributed by atoms with van der Waals surface area (Å²) in [6, 6.07) is 2.30. The van der Waals surface area contributed by atoms with E-state index in [1.807, 2.05) is 0 Å². The van der Waals surface area contributed by atoms with Gasteiger partial charge in [-0.2, -0.15) is 5.10 Å². The van der Waals surface area contributed by atoms with Gasteiger partial charge >= 0.3 is 0 Å². The third kappa shape index (κ3) is 2.35. The highest BCUT2D eigenvalue weighted by atomic mass is 35.5. The first-order valence-electron chi connectivity index (χ1n) is 4.30. The summed E-state index contributed by atoms with van der Waals surface area (Å²) in [7, 11) is 0. The van der Waals surface area contributed by atoms with Gasteiger partial charge in [0.2, 0.25) is 0 Å². The van der Waals surface area contributed by atoms with Crippen LogP contribution in [0.15, 0.2) is 23.2 Å². The number of aromatic amines is 1. The monoisotopic (exact) mass is 294 g/mol. The number of halogens is 3. The van der Waals surface area contributed by atoms with E-state index in [2.05, 4.69) is 10.2 Å². The lowest BCUT2D eigenvalue weighted by Crippen LogP contribution is -1.92. The lowest BCUT2D eigenvalue weighted by Gasteiger charge is -2.04. The van der Waals surface area contributed by atoms with Gasteiger partial charge in [0, 0.05) is 5.56 Å². The zero-order chi connectivity index (χ0) is 12.6. The maximum absolute atomic E-state index is 13.3. The Hall–Kier alpha value is -0.950. The molecular formula is C9H5Cl2FN2O2S. The first-order valence-corrected chi connectivity index (χ1v) is 6.16. The Morgan fingerprint density at radius 2 is 2.06 bits per heavy atom. The highest BCUT2D eigenvalue weighted by Crippen LogP contribution is 2.33. The Labute approximate surface area is 108 Å². The summed E-state index contributed by atoms with van der Waals surface area (Å²) in [5.74, 6) is -0.671. The summed E-state index contributed by atoms with van der Waals surface area (Å²) < 4.78 is 33.3. The van der Waals surface area contributed by atoms with Crippen LogP contribution in [0.25, 0.3) is 11.3 Å². The molecule has 0 fully saturated rings. The molecule has 0 saturated heterocycles. The number of nitrogens with one attached hydrogen (secondary N) is 1. The SMILES string of the molecule is O=S(O)c1cn[nH]c1-c1cc(F)c(Cl)cc1Cl. The van der Waals surface area contributed by atoms with E-state index in [-0.39, 0.29) is 26.2 Å². The van der Waals surface area contributed by atoms with Gasteiger partial charge < -0.3 is 4.55 Å². The van der Waals surface area contributed by atoms with Crippen molar-refractivity contribution in [2.45, 2.75) is 4.90 Å². The number of hydrogen-bond donors (Lipinski definition) is 2. The molecule has 0 amide bonds. The molecule has 0 radical (unpaired) electrons. The van der Waals surface area contributed by atoms with Crippen LogP contribution in [0, 0.1) is 5.82 Å². The molecule has 0 aliphatic rings. The van der Waals surface area contributed by atoms with E-state index in [0.717, 1.165) is 6.07 Å². The van der Waals surface area contributed by atoms with Gasteiger partial charge in [0.05, 0.1) is 21.9 Å². The molecule has 17 heavy (non-hydrogen) atoms. The first kappa shape index (κ1) is 12.5. The average molecular weight is 295 g/mol. The van der Waals surface area contributed by atoms with E-state index < -0.39 is 16.9 Å². The van der Waals surface area contributed by atoms with E-state index >= 15 is 0 Å². The topological polar surface area (TPSA) is 66.0 Å². The predicted molar refractivity (Wildman–Crippen MR) is 63.0 cm³/mol. The Morgan fingerprint density at radius 3 is 2.71 bits per heavy atom. The Bertz CT molecular complexity index is 603. The number of benzene rings is 1. The van der Waals surface area contributed by atoms with Crippen molar-refractivity contribution >= 4 is 34.3 Å². The van der Waals surface area contributed by atoms with E-state index in [1.165, 1.54) is 12.3 Å². The quantitative estimate of drug-likeness (QED) is 0.661. The third-order valence-corrected chi connectivity index (χ3v) is 3.36. The maximum Gasteiger partial charge on any atom is 0.190 e. The summed E-state index contributed by atoms with van der Waals surface area (Å²) in [5.41, 5.74) is 0.412. The Balaban J connectivity index is 2.64. The number of hydrogen-bond acceptors (Lipinski definition) is 2. The van der Waals surface area contributed by atoms with Crippen LogP contribution in [0.5, 0.6) is 0 Å². The van der Waals surface area contributed by atoms with Gasteiger partial charge in [0.15, 0.2) is 11.1 Å². The van der Waals surface area contributed by atoms with Gasteiger partial charge in [-0.15, -0.1) is 0 Å². The molecule has 2 aromatic rings. The zero-order valence-electron chi connectivity index (χ0n) is 8.08. The minimum atomic E-state index is -2.24. The van der Waals surface area contributed by atoms with Crippen molar-refractivity contribution in [1.82, 2.24) is 10.2 Å². The zero-order valence-corrected chi connectivity index (χ0v) is 10.4. The van der Waals surface area contributed by atoms with Crippen molar-refractivity contribution in [1.29, 1.82) is 0 Å². The van der Waals surface area contributed by atoms with Crippen LogP contribution in [0.3, 0.4) is 0 Å². The molecule has 1 aromatic carbocycles. The van der Waals surface area contributed by atoms with Crippen molar-refractivity contribution in [3.8, 4) is 11.3 Å². The van der Waals surface area contributed by atoms with E-state index in [4.69, 9.17) is 27.8 Å². The van der Waals surface area contributed by atoms with Crippen LogP contribution in [-0.2, 0) is 11.1 Å². The van der Waals surface area contributed by atoms with Crippen molar-refractivity contribution in [2.75, 3.05) is 0 Å². The van der Waals surface area contributed by atoms with Crippen LogP contribution >= 0.6 is 23.2 Å². The van der Waals surface area contributed by atoms with E-state index in [9.17, 15) is 8.60 Å². The van der Waals surface area contributed by atoms with Crippen molar-refractivity contribution < 1.29 is 13.2 Å². The van der Waals surface area contributed by atoms with Gasteiger partial charge in [0.25, 0.3) is 0 Å². The summed E-state index contributed by atoms with van der Waals surface area (Å²) in [6.07, 6.45) is 1.17. The molecule has 2 N–H and O–H groups in total. The van der Waals surface area contributed by atoms with Crippen LogP contribution in [0.4, 0.5) is 4.39 Å². The number of H-pyrrole nitrogens is 1. The summed E-state index contributed by atoms with van der Waals surface area (Å²) in [6.45, 7) is 0. The average Bonchev–Trinajstić information content (AvgIpc) is 2.72. The predicted octanol–water partition coefficient (Wildman–Crippen LogP) is 3.10. The molecular weight excluding hydrogens is 290 g/mol. The summed E-state index contributed by atoms with van der Waals surface area (Å²) >= 11 is 9.21. The van der Waals surface area contributed by atoms with Crippen LogP contribution in [0.2, 0.25) is 10.0 Å². The van der Waals surface area contributed by atoms with Crippen molar-refractivity contribution in [2.24, 2.45) is 0 Å². The summed E-state index contributed by atoms with van der Waals surface area (Å²) in [4.78, 5) is 0.0219. The van der Waals surface area contributed by atoms with Crippen molar-refractivity contribution in [3.05, 3.63) is 34.2 Å². The smallest absolute Gasteiger partial charge is 0.190 e. The van der Waals surface area contributed by atoms with Gasteiger partial charge in [-0.1, -0.05) is 23.2 Å². The fraction of sp³-hybridized carbons (Fsp3) is 0. The molecule has 0 bridgehead atoms. The molecule has 4 nitrogen and oxygen atoms in total. The number of aromatic nitrogens is 2. The lowest BCUT2D eigenvalue weighted by molar-refractivity contribution is 0.564. The molecule has 0 spiro atoms. The standard InChI is InChI=1S/C9H5Cl2FN2O2S/c10-5-2-6(11)7(12)1-4(5)9-8(17(15)16)3-13-14-9/h1-3H,(H,13,14)(H,15,16). The molecule has 90 valence electrons. The lowest BCUT2D eigenvalue weighted by atomic mass is 10.1. The second kappa shape index (κ2) is 4.73. The second-order valence-electron chi connectivity index (χ2n) is 3.10. The molecule has 0 aliphatic heterocycles. The molecule has 0 aliphatic carbocycles. The molecule has 8 heteroatoms. The summed E-state index contributed by atoms with van der Waals surface area (Å²) in [5, 5.41) is 6.15. The maximum atomic E-state index is 13.3. The van der Waals surface area contributed by atoms with Crippen LogP contribution in [0.1, 0.15) is 0 Å². The Kier molecular flexibility index (Phi) is 3.48. The normalized spacial score (nSPS) is 12.7. The molecule has 1 aromatic heterocycles. The number of nitrogens with zero attached hydrogens (tertiary/aromatic N) is 1. The van der Waals surface area contributed by atoms with Crippen LogP contribution in [-0.4, -0.2) is 19.0 Å². The van der Waals surface area contributed by atoms with Crippen LogP contribution < -0.4 is 0 Å². The highest BCUT2D eigenvalue weighted by Gasteiger charge is 2.17. The second-order valence-corrected chi connectivity index (χ2v) is 4.86. The van der Waals surface area contributed by atoms with Crippen molar-refractivity contribution in [3.63, 3.8) is 0 Å². The highest BCUT2D eigenvalue weighted by molar-refractivity contribution is 7.79. The molecule has 1 unspecified atom stereocenters.